The third-order valence-corrected chi connectivity index (χ3v) is 3.00. The molecule has 0 aliphatic rings. The van der Waals surface area contributed by atoms with E-state index in [0.29, 0.717) is 6.07 Å². The number of ether oxygens (including phenoxy) is 1. The molecule has 1 aromatic carbocycles. The Morgan fingerprint density at radius 3 is 2.33 bits per heavy atom. The summed E-state index contributed by atoms with van der Waals surface area (Å²) in [7, 11) is 0. The Morgan fingerprint density at radius 2 is 1.86 bits per heavy atom. The van der Waals surface area contributed by atoms with Gasteiger partial charge in [0.25, 0.3) is 0 Å². The Kier molecular flexibility index (Phi) is 5.32. The molecule has 118 valence electrons. The molecule has 1 atom stereocenters. The molecule has 1 rings (SSSR count). The van der Waals surface area contributed by atoms with Crippen LogP contribution in [0.25, 0.3) is 0 Å². The van der Waals surface area contributed by atoms with Crippen LogP contribution in [0.2, 0.25) is 0 Å². The molecule has 0 heterocycles. The molecule has 0 aliphatic carbocycles. The topological polar surface area (TPSA) is 52.3 Å². The van der Waals surface area contributed by atoms with Crippen LogP contribution >= 0.6 is 15.9 Å². The third-order valence-electron chi connectivity index (χ3n) is 2.54. The molecule has 0 bridgehead atoms. The minimum atomic E-state index is -4.72. The normalized spacial score (nSPS) is 13.9. The average Bonchev–Trinajstić information content (AvgIpc) is 2.36. The first-order valence-electron chi connectivity index (χ1n) is 5.68. The summed E-state index contributed by atoms with van der Waals surface area (Å²) in [6.45, 7) is 1.02. The largest absolute Gasteiger partial charge is 0.462 e. The highest BCUT2D eigenvalue weighted by atomic mass is 79.9. The second-order valence-corrected chi connectivity index (χ2v) is 5.01. The SMILES string of the molecule is CCOC(=O)C(F)(F)[C@@H](N)c1cc(Br)cc(C(F)(F)F)c1. The van der Waals surface area contributed by atoms with Crippen molar-refractivity contribution < 1.29 is 31.5 Å². The first-order chi connectivity index (χ1) is 9.50. The van der Waals surface area contributed by atoms with Gasteiger partial charge < -0.3 is 10.5 Å². The molecule has 0 saturated heterocycles. The lowest BCUT2D eigenvalue weighted by Gasteiger charge is -2.22. The molecule has 0 aliphatic heterocycles. The first-order valence-corrected chi connectivity index (χ1v) is 6.47. The van der Waals surface area contributed by atoms with Crippen LogP contribution in [0.15, 0.2) is 22.7 Å². The molecule has 0 radical (unpaired) electrons. The number of carbonyl (C=O) groups excluding carboxylic acids is 1. The highest BCUT2D eigenvalue weighted by Crippen LogP contribution is 2.36. The van der Waals surface area contributed by atoms with Gasteiger partial charge in [0.05, 0.1) is 12.2 Å². The molecule has 0 aromatic heterocycles. The van der Waals surface area contributed by atoms with E-state index in [2.05, 4.69) is 20.7 Å². The monoisotopic (exact) mass is 375 g/mol. The van der Waals surface area contributed by atoms with Crippen molar-refractivity contribution in [3.63, 3.8) is 0 Å². The lowest BCUT2D eigenvalue weighted by Crippen LogP contribution is -2.41. The summed E-state index contributed by atoms with van der Waals surface area (Å²) in [5, 5.41) is 0. The molecule has 0 unspecified atom stereocenters. The summed E-state index contributed by atoms with van der Waals surface area (Å²) in [6, 6.07) is -0.0657. The molecular weight excluding hydrogens is 365 g/mol. The van der Waals surface area contributed by atoms with E-state index >= 15 is 0 Å². The van der Waals surface area contributed by atoms with Gasteiger partial charge in [0, 0.05) is 4.47 Å². The Balaban J connectivity index is 3.21. The van der Waals surface area contributed by atoms with Crippen molar-refractivity contribution in [2.45, 2.75) is 25.1 Å². The predicted octanol–water partition coefficient (Wildman–Crippen LogP) is 3.67. The van der Waals surface area contributed by atoms with Crippen LogP contribution in [0.4, 0.5) is 22.0 Å². The van der Waals surface area contributed by atoms with Crippen molar-refractivity contribution in [3.8, 4) is 0 Å². The summed E-state index contributed by atoms with van der Waals surface area (Å²) < 4.78 is 69.5. The molecule has 0 saturated carbocycles. The van der Waals surface area contributed by atoms with Gasteiger partial charge in [0.2, 0.25) is 0 Å². The smallest absolute Gasteiger partial charge is 0.416 e. The van der Waals surface area contributed by atoms with E-state index < -0.39 is 35.2 Å². The van der Waals surface area contributed by atoms with Crippen LogP contribution in [0.5, 0.6) is 0 Å². The number of hydrogen-bond donors (Lipinski definition) is 1. The summed E-state index contributed by atoms with van der Waals surface area (Å²) in [5.41, 5.74) is 3.56. The highest BCUT2D eigenvalue weighted by molar-refractivity contribution is 9.10. The number of carbonyl (C=O) groups is 1. The number of nitrogens with two attached hydrogens (primary N) is 1. The summed E-state index contributed by atoms with van der Waals surface area (Å²) in [4.78, 5) is 11.2. The van der Waals surface area contributed by atoms with Crippen molar-refractivity contribution in [3.05, 3.63) is 33.8 Å². The number of esters is 1. The van der Waals surface area contributed by atoms with Crippen LogP contribution in [0.3, 0.4) is 0 Å². The Morgan fingerprint density at radius 1 is 1.29 bits per heavy atom. The standard InChI is InChI=1S/C12H11BrF5NO2/c1-2-21-10(20)11(14,15)9(19)6-3-7(12(16,17)18)5-8(13)4-6/h3-5,9H,2,19H2,1H3/t9-/m0/s1. The maximum Gasteiger partial charge on any atom is 0.416 e. The molecule has 2 N–H and O–H groups in total. The van der Waals surface area contributed by atoms with Gasteiger partial charge in [-0.25, -0.2) is 4.79 Å². The van der Waals surface area contributed by atoms with Gasteiger partial charge in [-0.1, -0.05) is 15.9 Å². The molecule has 0 fully saturated rings. The first kappa shape index (κ1) is 17.8. The summed E-state index contributed by atoms with van der Waals surface area (Å²) >= 11 is 2.79. The summed E-state index contributed by atoms with van der Waals surface area (Å²) in [5.74, 6) is -6.02. The van der Waals surface area contributed by atoms with E-state index in [-0.39, 0.29) is 11.1 Å². The van der Waals surface area contributed by atoms with Gasteiger partial charge in [-0.3, -0.25) is 0 Å². The fourth-order valence-electron chi connectivity index (χ4n) is 1.52. The Hall–Kier alpha value is -1.22. The van der Waals surface area contributed by atoms with Gasteiger partial charge in [0.15, 0.2) is 0 Å². The number of alkyl halides is 5. The number of benzene rings is 1. The van der Waals surface area contributed by atoms with Gasteiger partial charge in [0.1, 0.15) is 6.04 Å². The van der Waals surface area contributed by atoms with Crippen LogP contribution in [0, 0.1) is 0 Å². The van der Waals surface area contributed by atoms with Gasteiger partial charge >= 0.3 is 18.1 Å². The zero-order valence-corrected chi connectivity index (χ0v) is 12.3. The van der Waals surface area contributed by atoms with Crippen LogP contribution in [-0.2, 0) is 15.7 Å². The minimum absolute atomic E-state index is 0.0811. The van der Waals surface area contributed by atoms with E-state index in [4.69, 9.17) is 5.73 Å². The lowest BCUT2D eigenvalue weighted by molar-refractivity contribution is -0.174. The van der Waals surface area contributed by atoms with Gasteiger partial charge in [-0.2, -0.15) is 22.0 Å². The quantitative estimate of drug-likeness (QED) is 0.645. The minimum Gasteiger partial charge on any atom is -0.462 e. The number of hydrogen-bond acceptors (Lipinski definition) is 3. The van der Waals surface area contributed by atoms with Crippen LogP contribution in [0.1, 0.15) is 24.1 Å². The van der Waals surface area contributed by atoms with Crippen molar-refractivity contribution in [2.75, 3.05) is 6.61 Å². The average molecular weight is 376 g/mol. The van der Waals surface area contributed by atoms with E-state index in [9.17, 15) is 26.7 Å². The summed E-state index contributed by atoms with van der Waals surface area (Å²) in [6.07, 6.45) is -4.72. The zero-order chi connectivity index (χ0) is 16.4. The maximum absolute atomic E-state index is 13.7. The van der Waals surface area contributed by atoms with Crippen LogP contribution in [-0.4, -0.2) is 18.5 Å². The van der Waals surface area contributed by atoms with Crippen molar-refractivity contribution in [2.24, 2.45) is 5.73 Å². The van der Waals surface area contributed by atoms with Gasteiger partial charge in [-0.15, -0.1) is 0 Å². The van der Waals surface area contributed by atoms with Crippen molar-refractivity contribution >= 4 is 21.9 Å². The Bertz CT molecular complexity index is 533. The second kappa shape index (κ2) is 6.27. The van der Waals surface area contributed by atoms with Gasteiger partial charge in [-0.05, 0) is 30.7 Å². The molecule has 0 amide bonds. The predicted molar refractivity (Wildman–Crippen MR) is 67.7 cm³/mol. The van der Waals surface area contributed by atoms with Crippen LogP contribution < -0.4 is 5.73 Å². The van der Waals surface area contributed by atoms with Crippen molar-refractivity contribution in [1.29, 1.82) is 0 Å². The maximum atomic E-state index is 13.7. The fourth-order valence-corrected chi connectivity index (χ4v) is 2.03. The lowest BCUT2D eigenvalue weighted by atomic mass is 9.99. The third kappa shape index (κ3) is 4.13. The van der Waals surface area contributed by atoms with E-state index in [1.165, 1.54) is 6.92 Å². The number of halogens is 6. The second-order valence-electron chi connectivity index (χ2n) is 4.09. The highest BCUT2D eigenvalue weighted by Gasteiger charge is 2.48. The zero-order valence-electron chi connectivity index (χ0n) is 10.7. The van der Waals surface area contributed by atoms with E-state index in [1.807, 2.05) is 0 Å². The molecule has 9 heteroatoms. The van der Waals surface area contributed by atoms with Crippen molar-refractivity contribution in [1.82, 2.24) is 0 Å². The number of rotatable bonds is 4. The molecule has 0 spiro atoms. The molecule has 21 heavy (non-hydrogen) atoms. The van der Waals surface area contributed by atoms with E-state index in [0.717, 1.165) is 12.1 Å². The fraction of sp³-hybridized carbons (Fsp3) is 0.417. The Labute approximate surface area is 125 Å². The molecule has 1 aromatic rings. The molecule has 3 nitrogen and oxygen atoms in total. The van der Waals surface area contributed by atoms with E-state index in [1.54, 1.807) is 0 Å². The molecular formula is C12H11BrF5NO2.